The number of nitrogens with zero attached hydrogens (tertiary/aromatic N) is 1. The molecule has 2 rings (SSSR count). The van der Waals surface area contributed by atoms with Crippen molar-refractivity contribution in [2.75, 3.05) is 26.2 Å². The summed E-state index contributed by atoms with van der Waals surface area (Å²) in [5, 5.41) is 5.84. The third kappa shape index (κ3) is 5.87. The average Bonchev–Trinajstić information content (AvgIpc) is 2.51. The second-order valence-corrected chi connectivity index (χ2v) is 5.02. The van der Waals surface area contributed by atoms with Crippen molar-refractivity contribution in [1.29, 1.82) is 0 Å². The van der Waals surface area contributed by atoms with Crippen LogP contribution in [0.3, 0.4) is 0 Å². The normalized spacial score (nSPS) is 15.6. The third-order valence-electron chi connectivity index (χ3n) is 3.43. The van der Waals surface area contributed by atoms with Gasteiger partial charge < -0.3 is 15.4 Å². The Hall–Kier alpha value is -1.54. The molecule has 1 aliphatic heterocycles. The van der Waals surface area contributed by atoms with Crippen LogP contribution < -0.4 is 15.4 Å². The van der Waals surface area contributed by atoms with Gasteiger partial charge >= 0.3 is 6.18 Å². The van der Waals surface area contributed by atoms with Crippen LogP contribution in [0.4, 0.5) is 13.2 Å². The van der Waals surface area contributed by atoms with E-state index < -0.39 is 17.6 Å². The molecule has 0 unspecified atom stereocenters. The van der Waals surface area contributed by atoms with Crippen molar-refractivity contribution >= 4 is 18.3 Å². The van der Waals surface area contributed by atoms with E-state index in [4.69, 9.17) is 4.74 Å². The predicted octanol–water partition coefficient (Wildman–Crippen LogP) is 2.02. The minimum absolute atomic E-state index is 0. The van der Waals surface area contributed by atoms with Crippen molar-refractivity contribution in [3.8, 4) is 5.88 Å². The first-order valence-corrected chi connectivity index (χ1v) is 7.12. The van der Waals surface area contributed by atoms with Crippen LogP contribution in [-0.4, -0.2) is 37.1 Å². The molecular weight excluding hydrogens is 335 g/mol. The van der Waals surface area contributed by atoms with Crippen molar-refractivity contribution in [2.24, 2.45) is 5.92 Å². The number of nitrogens with one attached hydrogen (secondary N) is 2. The number of rotatable bonds is 5. The molecule has 1 amide bonds. The quantitative estimate of drug-likeness (QED) is 0.795. The molecular formula is C14H19ClF3N3O2. The number of hydrogen-bond donors (Lipinski definition) is 2. The SMILES string of the molecule is Cl.O=C(NCCOc1ncccc1C(F)(F)F)C1CCNCC1. The van der Waals surface area contributed by atoms with E-state index in [1.165, 1.54) is 12.3 Å². The Morgan fingerprint density at radius 2 is 2.09 bits per heavy atom. The fourth-order valence-electron chi connectivity index (χ4n) is 2.27. The summed E-state index contributed by atoms with van der Waals surface area (Å²) in [5.41, 5.74) is -0.917. The first kappa shape index (κ1) is 19.5. The van der Waals surface area contributed by atoms with E-state index in [1.807, 2.05) is 0 Å². The maximum absolute atomic E-state index is 12.7. The molecule has 0 bridgehead atoms. The molecule has 5 nitrogen and oxygen atoms in total. The lowest BCUT2D eigenvalue weighted by Gasteiger charge is -2.21. The van der Waals surface area contributed by atoms with Crippen LogP contribution in [0, 0.1) is 5.92 Å². The van der Waals surface area contributed by atoms with Gasteiger partial charge in [0, 0.05) is 12.1 Å². The monoisotopic (exact) mass is 353 g/mol. The van der Waals surface area contributed by atoms with Crippen molar-refractivity contribution in [3.05, 3.63) is 23.9 Å². The summed E-state index contributed by atoms with van der Waals surface area (Å²) in [6.07, 6.45) is -1.74. The van der Waals surface area contributed by atoms with Gasteiger partial charge in [0.15, 0.2) is 0 Å². The largest absolute Gasteiger partial charge is 0.475 e. The lowest BCUT2D eigenvalue weighted by Crippen LogP contribution is -2.39. The molecule has 0 atom stereocenters. The maximum atomic E-state index is 12.7. The van der Waals surface area contributed by atoms with Crippen molar-refractivity contribution in [2.45, 2.75) is 19.0 Å². The molecule has 0 aliphatic carbocycles. The summed E-state index contributed by atoms with van der Waals surface area (Å²) in [6, 6.07) is 2.12. The minimum Gasteiger partial charge on any atom is -0.475 e. The standard InChI is InChI=1S/C14H18F3N3O2.ClH/c15-14(16,17)11-2-1-5-20-13(11)22-9-8-19-12(21)10-3-6-18-7-4-10;/h1-2,5,10,18H,3-4,6-9H2,(H,19,21);1H. The zero-order chi connectivity index (χ0) is 16.0. The summed E-state index contributed by atoms with van der Waals surface area (Å²) in [7, 11) is 0. The van der Waals surface area contributed by atoms with E-state index >= 15 is 0 Å². The molecule has 23 heavy (non-hydrogen) atoms. The first-order chi connectivity index (χ1) is 10.5. The van der Waals surface area contributed by atoms with Crippen LogP contribution in [0.1, 0.15) is 18.4 Å². The first-order valence-electron chi connectivity index (χ1n) is 7.12. The topological polar surface area (TPSA) is 63.2 Å². The highest BCUT2D eigenvalue weighted by atomic mass is 35.5. The predicted molar refractivity (Wildman–Crippen MR) is 80.6 cm³/mol. The van der Waals surface area contributed by atoms with Crippen molar-refractivity contribution in [3.63, 3.8) is 0 Å². The van der Waals surface area contributed by atoms with E-state index in [2.05, 4.69) is 15.6 Å². The number of halogens is 4. The molecule has 0 spiro atoms. The minimum atomic E-state index is -4.51. The van der Waals surface area contributed by atoms with Gasteiger partial charge in [0.2, 0.25) is 11.8 Å². The molecule has 2 N–H and O–H groups in total. The number of ether oxygens (including phenoxy) is 1. The Morgan fingerprint density at radius 1 is 1.39 bits per heavy atom. The Balaban J connectivity index is 0.00000264. The molecule has 1 saturated heterocycles. The Labute approximate surface area is 138 Å². The number of hydrogen-bond acceptors (Lipinski definition) is 4. The smallest absolute Gasteiger partial charge is 0.421 e. The number of aromatic nitrogens is 1. The highest BCUT2D eigenvalue weighted by Gasteiger charge is 2.35. The summed E-state index contributed by atoms with van der Waals surface area (Å²) in [4.78, 5) is 15.4. The highest BCUT2D eigenvalue weighted by Crippen LogP contribution is 2.34. The van der Waals surface area contributed by atoms with Gasteiger partial charge in [-0.15, -0.1) is 12.4 Å². The van der Waals surface area contributed by atoms with E-state index in [0.717, 1.165) is 32.0 Å². The number of carbonyl (C=O) groups excluding carboxylic acids is 1. The van der Waals surface area contributed by atoms with Gasteiger partial charge in [0.1, 0.15) is 12.2 Å². The molecule has 0 aromatic carbocycles. The van der Waals surface area contributed by atoms with Gasteiger partial charge in [-0.3, -0.25) is 4.79 Å². The fourth-order valence-corrected chi connectivity index (χ4v) is 2.27. The summed E-state index contributed by atoms with van der Waals surface area (Å²) in [6.45, 7) is 1.70. The van der Waals surface area contributed by atoms with Crippen LogP contribution in [-0.2, 0) is 11.0 Å². The number of carbonyl (C=O) groups is 1. The van der Waals surface area contributed by atoms with Gasteiger partial charge in [0.05, 0.1) is 6.54 Å². The highest BCUT2D eigenvalue weighted by molar-refractivity contribution is 5.85. The molecule has 2 heterocycles. The lowest BCUT2D eigenvalue weighted by atomic mass is 9.97. The summed E-state index contributed by atoms with van der Waals surface area (Å²) < 4.78 is 43.2. The van der Waals surface area contributed by atoms with Gasteiger partial charge in [0.25, 0.3) is 0 Å². The number of pyridine rings is 1. The fraction of sp³-hybridized carbons (Fsp3) is 0.571. The van der Waals surface area contributed by atoms with E-state index in [1.54, 1.807) is 0 Å². The van der Waals surface area contributed by atoms with Gasteiger partial charge in [-0.2, -0.15) is 13.2 Å². The molecule has 130 valence electrons. The third-order valence-corrected chi connectivity index (χ3v) is 3.43. The number of piperidine rings is 1. The Morgan fingerprint density at radius 3 is 2.74 bits per heavy atom. The van der Waals surface area contributed by atoms with Gasteiger partial charge in [-0.05, 0) is 38.1 Å². The molecule has 1 aromatic rings. The van der Waals surface area contributed by atoms with Crippen LogP contribution in [0.15, 0.2) is 18.3 Å². The number of alkyl halides is 3. The summed E-state index contributed by atoms with van der Waals surface area (Å²) >= 11 is 0. The van der Waals surface area contributed by atoms with Crippen molar-refractivity contribution < 1.29 is 22.7 Å². The average molecular weight is 354 g/mol. The number of amides is 1. The molecule has 0 saturated carbocycles. The van der Waals surface area contributed by atoms with Crippen LogP contribution in [0.5, 0.6) is 5.88 Å². The van der Waals surface area contributed by atoms with Gasteiger partial charge in [-0.25, -0.2) is 4.98 Å². The van der Waals surface area contributed by atoms with Crippen LogP contribution in [0.2, 0.25) is 0 Å². The Kier molecular flexibility index (Phi) is 7.57. The van der Waals surface area contributed by atoms with Gasteiger partial charge in [-0.1, -0.05) is 0 Å². The molecule has 9 heteroatoms. The lowest BCUT2D eigenvalue weighted by molar-refractivity contribution is -0.139. The second kappa shape index (κ2) is 8.93. The maximum Gasteiger partial charge on any atom is 0.421 e. The summed E-state index contributed by atoms with van der Waals surface area (Å²) in [5.74, 6) is -0.588. The zero-order valence-electron chi connectivity index (χ0n) is 12.4. The van der Waals surface area contributed by atoms with E-state index in [0.29, 0.717) is 0 Å². The van der Waals surface area contributed by atoms with E-state index in [9.17, 15) is 18.0 Å². The second-order valence-electron chi connectivity index (χ2n) is 5.02. The van der Waals surface area contributed by atoms with Crippen molar-refractivity contribution in [1.82, 2.24) is 15.6 Å². The van der Waals surface area contributed by atoms with Crippen LogP contribution in [0.25, 0.3) is 0 Å². The zero-order valence-corrected chi connectivity index (χ0v) is 13.2. The Bertz CT molecular complexity index is 508. The molecule has 1 aliphatic rings. The van der Waals surface area contributed by atoms with Crippen LogP contribution >= 0.6 is 12.4 Å². The van der Waals surface area contributed by atoms with E-state index in [-0.39, 0.29) is 37.4 Å². The molecule has 0 radical (unpaired) electrons. The molecule has 1 fully saturated rings. The molecule has 1 aromatic heterocycles.